The van der Waals surface area contributed by atoms with Crippen LogP contribution in [0.25, 0.3) is 0 Å². The second-order valence-electron chi connectivity index (χ2n) is 2.99. The van der Waals surface area contributed by atoms with Gasteiger partial charge in [0.2, 0.25) is 0 Å². The van der Waals surface area contributed by atoms with Gasteiger partial charge in [-0.2, -0.15) is 0 Å². The first-order valence-electron chi connectivity index (χ1n) is 3.89. The van der Waals surface area contributed by atoms with E-state index in [9.17, 15) is 5.11 Å². The summed E-state index contributed by atoms with van der Waals surface area (Å²) in [6.07, 6.45) is 1.25. The zero-order valence-corrected chi connectivity index (χ0v) is 6.84. The van der Waals surface area contributed by atoms with Crippen molar-refractivity contribution in [1.29, 1.82) is 0 Å². The molecule has 1 fully saturated rings. The Morgan fingerprint density at radius 3 is 3.00 bits per heavy atom. The normalized spacial score (nSPS) is 29.5. The number of hydrogen-bond acceptors (Lipinski definition) is 4. The molecule has 5 heteroatoms. The van der Waals surface area contributed by atoms with Crippen molar-refractivity contribution >= 4 is 0 Å². The molecule has 0 unspecified atom stereocenters. The van der Waals surface area contributed by atoms with Crippen molar-refractivity contribution in [2.45, 2.75) is 12.0 Å². The van der Waals surface area contributed by atoms with Crippen LogP contribution >= 0.6 is 0 Å². The summed E-state index contributed by atoms with van der Waals surface area (Å²) in [6.45, 7) is 0.970. The molecular formula is C7H11N3O2. The van der Waals surface area contributed by atoms with Gasteiger partial charge in [-0.25, -0.2) is 0 Å². The molecule has 0 aliphatic carbocycles. The first kappa shape index (κ1) is 7.70. The van der Waals surface area contributed by atoms with Gasteiger partial charge in [0.15, 0.2) is 0 Å². The maximum Gasteiger partial charge on any atom is 0.0879 e. The monoisotopic (exact) mass is 169 g/mol. The highest BCUT2D eigenvalue weighted by Crippen LogP contribution is 2.23. The number of rotatable bonds is 1. The number of aliphatic hydroxyl groups is 1. The standard InChI is InChI=1S/C7H11N3O2/c1-10-6(2-8-9-10)5-3-12-4-7(5)11/h2,5,7,11H,3-4H2,1H3/t5-,7+/m0/s1. The van der Waals surface area contributed by atoms with E-state index in [-0.39, 0.29) is 5.92 Å². The minimum Gasteiger partial charge on any atom is -0.390 e. The van der Waals surface area contributed by atoms with Crippen LogP contribution in [-0.4, -0.2) is 39.4 Å². The van der Waals surface area contributed by atoms with Crippen LogP contribution in [0.4, 0.5) is 0 Å². The summed E-state index contributed by atoms with van der Waals surface area (Å²) in [4.78, 5) is 0. The Labute approximate surface area is 70.0 Å². The summed E-state index contributed by atoms with van der Waals surface area (Å²) in [5.74, 6) is 0.0324. The van der Waals surface area contributed by atoms with E-state index >= 15 is 0 Å². The molecular weight excluding hydrogens is 158 g/mol. The number of hydrogen-bond donors (Lipinski definition) is 1. The Balaban J connectivity index is 2.24. The van der Waals surface area contributed by atoms with Crippen LogP contribution in [0.3, 0.4) is 0 Å². The Morgan fingerprint density at radius 2 is 2.50 bits per heavy atom. The van der Waals surface area contributed by atoms with Crippen LogP contribution in [-0.2, 0) is 11.8 Å². The fourth-order valence-corrected chi connectivity index (χ4v) is 1.46. The number of aliphatic hydroxyl groups excluding tert-OH is 1. The molecule has 2 atom stereocenters. The van der Waals surface area contributed by atoms with E-state index in [4.69, 9.17) is 4.74 Å². The zero-order chi connectivity index (χ0) is 8.55. The van der Waals surface area contributed by atoms with Gasteiger partial charge in [-0.3, -0.25) is 4.68 Å². The highest BCUT2D eigenvalue weighted by Gasteiger charge is 2.29. The van der Waals surface area contributed by atoms with E-state index in [1.165, 1.54) is 0 Å². The zero-order valence-electron chi connectivity index (χ0n) is 6.84. The molecule has 5 nitrogen and oxygen atoms in total. The van der Waals surface area contributed by atoms with Crippen LogP contribution in [0.5, 0.6) is 0 Å². The number of ether oxygens (including phenoxy) is 1. The van der Waals surface area contributed by atoms with Gasteiger partial charge >= 0.3 is 0 Å². The summed E-state index contributed by atoms with van der Waals surface area (Å²) < 4.78 is 6.80. The molecule has 1 aromatic heterocycles. The minimum absolute atomic E-state index is 0.0324. The predicted molar refractivity (Wildman–Crippen MR) is 40.6 cm³/mol. The van der Waals surface area contributed by atoms with E-state index in [2.05, 4.69) is 10.3 Å². The van der Waals surface area contributed by atoms with E-state index in [1.807, 2.05) is 7.05 Å². The summed E-state index contributed by atoms with van der Waals surface area (Å²) in [6, 6.07) is 0. The molecule has 1 N–H and O–H groups in total. The third kappa shape index (κ3) is 1.11. The molecule has 2 rings (SSSR count). The average Bonchev–Trinajstić information content (AvgIpc) is 2.59. The topological polar surface area (TPSA) is 60.2 Å². The van der Waals surface area contributed by atoms with Crippen LogP contribution in [0, 0.1) is 0 Å². The first-order chi connectivity index (χ1) is 5.79. The van der Waals surface area contributed by atoms with Crippen molar-refractivity contribution in [2.24, 2.45) is 7.05 Å². The van der Waals surface area contributed by atoms with E-state index in [1.54, 1.807) is 10.9 Å². The SMILES string of the molecule is Cn1nncc1[C@@H]1COC[C@H]1O. The molecule has 2 heterocycles. The lowest BCUT2D eigenvalue weighted by atomic mass is 10.0. The summed E-state index contributed by atoms with van der Waals surface area (Å²) >= 11 is 0. The van der Waals surface area contributed by atoms with E-state index in [0.29, 0.717) is 13.2 Å². The average molecular weight is 169 g/mol. The number of aromatic nitrogens is 3. The van der Waals surface area contributed by atoms with Gasteiger partial charge in [0, 0.05) is 7.05 Å². The molecule has 0 amide bonds. The van der Waals surface area contributed by atoms with Gasteiger partial charge in [-0.15, -0.1) is 5.10 Å². The van der Waals surface area contributed by atoms with Gasteiger partial charge in [0.1, 0.15) is 0 Å². The lowest BCUT2D eigenvalue weighted by Crippen LogP contribution is -2.18. The second-order valence-corrected chi connectivity index (χ2v) is 2.99. The molecule has 0 radical (unpaired) electrons. The third-order valence-corrected chi connectivity index (χ3v) is 2.18. The lowest BCUT2D eigenvalue weighted by Gasteiger charge is -2.10. The third-order valence-electron chi connectivity index (χ3n) is 2.18. The predicted octanol–water partition coefficient (Wildman–Crippen LogP) is -0.710. The molecule has 0 spiro atoms. The fourth-order valence-electron chi connectivity index (χ4n) is 1.46. The number of nitrogens with zero attached hydrogens (tertiary/aromatic N) is 3. The maximum atomic E-state index is 9.49. The quantitative estimate of drug-likeness (QED) is 0.603. The van der Waals surface area contributed by atoms with E-state index in [0.717, 1.165) is 5.69 Å². The maximum absolute atomic E-state index is 9.49. The van der Waals surface area contributed by atoms with Gasteiger partial charge in [-0.05, 0) is 0 Å². The van der Waals surface area contributed by atoms with Gasteiger partial charge in [0.05, 0.1) is 37.1 Å². The molecule has 1 aromatic rings. The molecule has 0 bridgehead atoms. The molecule has 1 aliphatic rings. The largest absolute Gasteiger partial charge is 0.390 e. The van der Waals surface area contributed by atoms with Crippen molar-refractivity contribution in [1.82, 2.24) is 15.0 Å². The summed E-state index contributed by atoms with van der Waals surface area (Å²) in [7, 11) is 1.81. The van der Waals surface area contributed by atoms with Gasteiger partial charge < -0.3 is 9.84 Å². The van der Waals surface area contributed by atoms with Gasteiger partial charge in [0.25, 0.3) is 0 Å². The molecule has 0 saturated carbocycles. The smallest absolute Gasteiger partial charge is 0.0879 e. The molecule has 1 aliphatic heterocycles. The molecule has 12 heavy (non-hydrogen) atoms. The first-order valence-corrected chi connectivity index (χ1v) is 3.89. The summed E-state index contributed by atoms with van der Waals surface area (Å²) in [5, 5.41) is 17.0. The Morgan fingerprint density at radius 1 is 1.67 bits per heavy atom. The highest BCUT2D eigenvalue weighted by molar-refractivity contribution is 5.07. The Kier molecular flexibility index (Phi) is 1.82. The van der Waals surface area contributed by atoms with Crippen molar-refractivity contribution in [3.8, 4) is 0 Å². The molecule has 0 aromatic carbocycles. The Bertz CT molecular complexity index is 273. The second kappa shape index (κ2) is 2.84. The minimum atomic E-state index is -0.415. The highest BCUT2D eigenvalue weighted by atomic mass is 16.5. The van der Waals surface area contributed by atoms with Crippen molar-refractivity contribution in [3.63, 3.8) is 0 Å². The fraction of sp³-hybridized carbons (Fsp3) is 0.714. The molecule has 66 valence electrons. The van der Waals surface area contributed by atoms with Crippen LogP contribution < -0.4 is 0 Å². The molecule has 1 saturated heterocycles. The Hall–Kier alpha value is -0.940. The number of aryl methyl sites for hydroxylation is 1. The van der Waals surface area contributed by atoms with Crippen molar-refractivity contribution in [2.75, 3.05) is 13.2 Å². The van der Waals surface area contributed by atoms with E-state index < -0.39 is 6.10 Å². The summed E-state index contributed by atoms with van der Waals surface area (Å²) in [5.41, 5.74) is 0.931. The van der Waals surface area contributed by atoms with Crippen molar-refractivity contribution < 1.29 is 9.84 Å². The van der Waals surface area contributed by atoms with Crippen molar-refractivity contribution in [3.05, 3.63) is 11.9 Å². The van der Waals surface area contributed by atoms with Crippen LogP contribution in [0.1, 0.15) is 11.6 Å². The van der Waals surface area contributed by atoms with Gasteiger partial charge in [-0.1, -0.05) is 5.21 Å². The van der Waals surface area contributed by atoms with Crippen LogP contribution in [0.15, 0.2) is 6.20 Å². The lowest BCUT2D eigenvalue weighted by molar-refractivity contribution is 0.124. The van der Waals surface area contributed by atoms with Crippen LogP contribution in [0.2, 0.25) is 0 Å².